The molecule has 0 spiro atoms. The Morgan fingerprint density at radius 2 is 1.45 bits per heavy atom. The average molecular weight is 440 g/mol. The molecule has 0 fully saturated rings. The van der Waals surface area contributed by atoms with Gasteiger partial charge in [0.1, 0.15) is 34.4 Å². The molecule has 0 saturated heterocycles. The van der Waals surface area contributed by atoms with Crippen LogP contribution in [0, 0.1) is 0 Å². The van der Waals surface area contributed by atoms with Crippen molar-refractivity contribution in [3.05, 3.63) is 66.2 Å². The number of rotatable bonds is 5. The first-order valence-electron chi connectivity index (χ1n) is 8.95. The topological polar surface area (TPSA) is 149 Å². The third kappa shape index (κ3) is 3.80. The van der Waals surface area contributed by atoms with Crippen LogP contribution in [0.1, 0.15) is 5.56 Å². The maximum Gasteiger partial charge on any atom is 0.295 e. The van der Waals surface area contributed by atoms with E-state index in [0.29, 0.717) is 10.8 Å². The zero-order valence-electron chi connectivity index (χ0n) is 15.8. The summed E-state index contributed by atoms with van der Waals surface area (Å²) in [5, 5.41) is 39.6. The normalized spacial score (nSPS) is 12.2. The molecule has 4 aromatic carbocycles. The fourth-order valence-electron chi connectivity index (χ4n) is 3.39. The smallest absolute Gasteiger partial charge is 0.295 e. The number of benzene rings is 4. The van der Waals surface area contributed by atoms with Crippen molar-refractivity contribution in [1.29, 1.82) is 0 Å². The predicted octanol–water partition coefficient (Wildman–Crippen LogP) is 5.06. The van der Waals surface area contributed by atoms with Crippen LogP contribution in [0.3, 0.4) is 0 Å². The largest absolute Gasteiger partial charge is 0.506 e. The molecule has 4 N–H and O–H groups in total. The van der Waals surface area contributed by atoms with Gasteiger partial charge in [0.15, 0.2) is 0 Å². The summed E-state index contributed by atoms with van der Waals surface area (Å²) < 4.78 is 32.9. The third-order valence-corrected chi connectivity index (χ3v) is 5.67. The Morgan fingerprint density at radius 1 is 0.839 bits per heavy atom. The van der Waals surface area contributed by atoms with Gasteiger partial charge in [-0.3, -0.25) is 9.81 Å². The summed E-state index contributed by atoms with van der Waals surface area (Å²) in [6.07, 6.45) is 0. The van der Waals surface area contributed by atoms with E-state index < -0.39 is 20.8 Å². The molecule has 158 valence electrons. The standard InChI is InChI=1S/C21H16N2O7S/c24-17-10-18(31(27,28)29)15-7-3-4-8-16(15)19(17)22-23-20-14-6-2-1-5-12(14)9-13(11-30-26)21(20)25/h1-10,24-26H,11H2,(H,27,28,29). The molecule has 0 aliphatic heterocycles. The van der Waals surface area contributed by atoms with E-state index in [1.807, 2.05) is 0 Å². The second-order valence-corrected chi connectivity index (χ2v) is 8.08. The quantitative estimate of drug-likeness (QED) is 0.147. The highest BCUT2D eigenvalue weighted by molar-refractivity contribution is 7.86. The van der Waals surface area contributed by atoms with E-state index in [1.165, 1.54) is 12.1 Å². The second kappa shape index (κ2) is 7.93. The number of phenolic OH excluding ortho intramolecular Hbond substituents is 2. The van der Waals surface area contributed by atoms with E-state index in [9.17, 15) is 23.2 Å². The lowest BCUT2D eigenvalue weighted by molar-refractivity contribution is -0.253. The molecule has 10 heteroatoms. The Bertz CT molecular complexity index is 1450. The number of hydrogen-bond acceptors (Lipinski definition) is 8. The van der Waals surface area contributed by atoms with Gasteiger partial charge in [0, 0.05) is 27.8 Å². The zero-order chi connectivity index (χ0) is 22.2. The molecular weight excluding hydrogens is 424 g/mol. The molecule has 0 saturated carbocycles. The molecule has 0 aliphatic carbocycles. The minimum atomic E-state index is -4.59. The van der Waals surface area contributed by atoms with E-state index in [2.05, 4.69) is 15.1 Å². The second-order valence-electron chi connectivity index (χ2n) is 6.69. The Morgan fingerprint density at radius 3 is 2.13 bits per heavy atom. The summed E-state index contributed by atoms with van der Waals surface area (Å²) in [6.45, 7) is -0.281. The fraction of sp³-hybridized carbons (Fsp3) is 0.0476. The minimum Gasteiger partial charge on any atom is -0.506 e. The molecule has 0 bridgehead atoms. The lowest BCUT2D eigenvalue weighted by Crippen LogP contribution is -1.99. The van der Waals surface area contributed by atoms with Crippen molar-refractivity contribution in [2.75, 3.05) is 0 Å². The SMILES string of the molecule is O=S(=O)(O)c1cc(O)c(N=Nc2c(O)c(COO)cc3ccccc23)c2ccccc12. The molecule has 0 atom stereocenters. The van der Waals surface area contributed by atoms with Crippen molar-refractivity contribution >= 4 is 43.0 Å². The van der Waals surface area contributed by atoms with Crippen LogP contribution < -0.4 is 0 Å². The first-order valence-corrected chi connectivity index (χ1v) is 10.4. The molecule has 0 aromatic heterocycles. The highest BCUT2D eigenvalue weighted by Crippen LogP contribution is 2.43. The molecule has 0 aliphatic rings. The summed E-state index contributed by atoms with van der Waals surface area (Å²) >= 11 is 0. The van der Waals surface area contributed by atoms with Crippen molar-refractivity contribution in [3.63, 3.8) is 0 Å². The minimum absolute atomic E-state index is 0.0460. The van der Waals surface area contributed by atoms with Gasteiger partial charge in [0.25, 0.3) is 10.1 Å². The highest BCUT2D eigenvalue weighted by Gasteiger charge is 2.20. The lowest BCUT2D eigenvalue weighted by Gasteiger charge is -2.10. The van der Waals surface area contributed by atoms with Gasteiger partial charge in [-0.25, -0.2) is 4.89 Å². The molecule has 4 aromatic rings. The summed E-state index contributed by atoms with van der Waals surface area (Å²) in [6, 6.07) is 15.7. The summed E-state index contributed by atoms with van der Waals surface area (Å²) in [5.41, 5.74) is 0.300. The molecule has 31 heavy (non-hydrogen) atoms. The van der Waals surface area contributed by atoms with Crippen molar-refractivity contribution in [2.24, 2.45) is 10.2 Å². The number of phenols is 2. The van der Waals surface area contributed by atoms with Crippen LogP contribution in [0.4, 0.5) is 11.4 Å². The molecule has 4 rings (SSSR count). The van der Waals surface area contributed by atoms with Gasteiger partial charge in [-0.15, -0.1) is 10.2 Å². The van der Waals surface area contributed by atoms with E-state index in [0.717, 1.165) is 6.07 Å². The molecule has 0 heterocycles. The Balaban J connectivity index is 1.96. The van der Waals surface area contributed by atoms with Gasteiger partial charge in [-0.1, -0.05) is 48.5 Å². The van der Waals surface area contributed by atoms with Gasteiger partial charge in [0.05, 0.1) is 0 Å². The van der Waals surface area contributed by atoms with Gasteiger partial charge < -0.3 is 10.2 Å². The highest BCUT2D eigenvalue weighted by atomic mass is 32.2. The van der Waals surface area contributed by atoms with Crippen molar-refractivity contribution < 1.29 is 33.3 Å². The number of aromatic hydroxyl groups is 2. The summed E-state index contributed by atoms with van der Waals surface area (Å²) in [5.74, 6) is -0.788. The van der Waals surface area contributed by atoms with Crippen LogP contribution in [0.5, 0.6) is 11.5 Å². The zero-order valence-corrected chi connectivity index (χ0v) is 16.6. The monoisotopic (exact) mass is 440 g/mol. The first-order chi connectivity index (χ1) is 14.8. The summed E-state index contributed by atoms with van der Waals surface area (Å²) in [4.78, 5) is 3.68. The van der Waals surface area contributed by atoms with Crippen LogP contribution in [-0.4, -0.2) is 28.4 Å². The van der Waals surface area contributed by atoms with Crippen molar-refractivity contribution in [1.82, 2.24) is 0 Å². The van der Waals surface area contributed by atoms with Crippen LogP contribution >= 0.6 is 0 Å². The number of azo groups is 1. The van der Waals surface area contributed by atoms with Gasteiger partial charge in [-0.05, 0) is 11.5 Å². The maximum atomic E-state index is 11.7. The predicted molar refractivity (Wildman–Crippen MR) is 113 cm³/mol. The molecule has 9 nitrogen and oxygen atoms in total. The van der Waals surface area contributed by atoms with Crippen LogP contribution in [0.2, 0.25) is 0 Å². The van der Waals surface area contributed by atoms with Gasteiger partial charge in [-0.2, -0.15) is 8.42 Å². The molecule has 0 radical (unpaired) electrons. The maximum absolute atomic E-state index is 11.7. The Labute approximate surface area is 176 Å². The summed E-state index contributed by atoms with van der Waals surface area (Å²) in [7, 11) is -4.59. The van der Waals surface area contributed by atoms with Crippen LogP contribution in [-0.2, 0) is 21.6 Å². The fourth-order valence-corrected chi connectivity index (χ4v) is 4.10. The van der Waals surface area contributed by atoms with E-state index >= 15 is 0 Å². The first kappa shape index (κ1) is 20.7. The van der Waals surface area contributed by atoms with Crippen LogP contribution in [0.15, 0.2) is 75.8 Å². The molecular formula is C21H16N2O7S. The lowest BCUT2D eigenvalue weighted by atomic mass is 10.0. The van der Waals surface area contributed by atoms with Crippen molar-refractivity contribution in [2.45, 2.75) is 11.5 Å². The van der Waals surface area contributed by atoms with Crippen LogP contribution in [0.25, 0.3) is 21.5 Å². The van der Waals surface area contributed by atoms with E-state index in [1.54, 1.807) is 42.5 Å². The Hall–Kier alpha value is -3.57. The third-order valence-electron chi connectivity index (χ3n) is 4.78. The van der Waals surface area contributed by atoms with E-state index in [-0.39, 0.29) is 40.1 Å². The molecule has 0 amide bonds. The Kier molecular flexibility index (Phi) is 5.29. The van der Waals surface area contributed by atoms with Gasteiger partial charge >= 0.3 is 0 Å². The average Bonchev–Trinajstić information content (AvgIpc) is 2.74. The van der Waals surface area contributed by atoms with E-state index in [4.69, 9.17) is 5.26 Å². The number of fused-ring (bicyclic) bond motifs is 2. The molecule has 0 unspecified atom stereocenters. The number of hydrogen-bond donors (Lipinski definition) is 4. The van der Waals surface area contributed by atoms with Gasteiger partial charge in [0.2, 0.25) is 0 Å². The number of nitrogens with zero attached hydrogens (tertiary/aromatic N) is 2. The van der Waals surface area contributed by atoms with Crippen molar-refractivity contribution in [3.8, 4) is 11.5 Å².